The highest BCUT2D eigenvalue weighted by Gasteiger charge is 2.12. The van der Waals surface area contributed by atoms with Crippen LogP contribution >= 0.6 is 0 Å². The summed E-state index contributed by atoms with van der Waals surface area (Å²) >= 11 is 0. The Balaban J connectivity index is 1.58. The first-order chi connectivity index (χ1) is 14.0. The van der Waals surface area contributed by atoms with Crippen LogP contribution in [0.3, 0.4) is 0 Å². The molecular formula is C24H22N2O3. The van der Waals surface area contributed by atoms with Crippen LogP contribution < -0.4 is 10.1 Å². The Hall–Kier alpha value is -3.60. The second-order valence-corrected chi connectivity index (χ2v) is 6.92. The van der Waals surface area contributed by atoms with E-state index in [1.165, 1.54) is 11.1 Å². The summed E-state index contributed by atoms with van der Waals surface area (Å²) in [5.41, 5.74) is 5.91. The van der Waals surface area contributed by atoms with Crippen LogP contribution in [-0.4, -0.2) is 17.5 Å². The first kappa shape index (κ1) is 18.7. The van der Waals surface area contributed by atoms with Gasteiger partial charge < -0.3 is 14.5 Å². The summed E-state index contributed by atoms with van der Waals surface area (Å²) in [7, 11) is 0. The molecule has 0 atom stereocenters. The smallest absolute Gasteiger partial charge is 0.255 e. The van der Waals surface area contributed by atoms with Crippen LogP contribution in [0.5, 0.6) is 5.75 Å². The molecule has 0 saturated heterocycles. The molecule has 0 saturated carbocycles. The Morgan fingerprint density at radius 3 is 2.69 bits per heavy atom. The topological polar surface area (TPSA) is 64.4 Å². The Labute approximate surface area is 169 Å². The van der Waals surface area contributed by atoms with Gasteiger partial charge in [-0.1, -0.05) is 12.1 Å². The third-order valence-electron chi connectivity index (χ3n) is 4.81. The predicted octanol–water partition coefficient (Wildman–Crippen LogP) is 5.76. The van der Waals surface area contributed by atoms with Crippen LogP contribution in [0.2, 0.25) is 0 Å². The second-order valence-electron chi connectivity index (χ2n) is 6.92. The van der Waals surface area contributed by atoms with Crippen molar-refractivity contribution < 1.29 is 13.9 Å². The zero-order chi connectivity index (χ0) is 20.4. The number of rotatable bonds is 5. The maximum atomic E-state index is 12.6. The number of anilines is 1. The van der Waals surface area contributed by atoms with Gasteiger partial charge in [-0.3, -0.25) is 4.79 Å². The van der Waals surface area contributed by atoms with Gasteiger partial charge in [-0.2, -0.15) is 0 Å². The molecule has 4 rings (SSSR count). The molecule has 5 heteroatoms. The fraction of sp³-hybridized carbons (Fsp3) is 0.167. The van der Waals surface area contributed by atoms with Crippen molar-refractivity contribution in [3.05, 3.63) is 77.4 Å². The number of carbonyl (C=O) groups excluding carboxylic acids is 1. The van der Waals surface area contributed by atoms with Gasteiger partial charge in [0.1, 0.15) is 11.3 Å². The van der Waals surface area contributed by atoms with Gasteiger partial charge in [0.25, 0.3) is 5.91 Å². The van der Waals surface area contributed by atoms with Crippen molar-refractivity contribution >= 4 is 22.7 Å². The number of nitrogens with one attached hydrogen (secondary N) is 1. The lowest BCUT2D eigenvalue weighted by atomic mass is 10.1. The molecule has 4 aromatic rings. The summed E-state index contributed by atoms with van der Waals surface area (Å²) in [6, 6.07) is 18.7. The number of amides is 1. The van der Waals surface area contributed by atoms with Crippen molar-refractivity contribution in [2.45, 2.75) is 20.8 Å². The lowest BCUT2D eigenvalue weighted by Gasteiger charge is -2.07. The fourth-order valence-corrected chi connectivity index (χ4v) is 3.10. The number of aryl methyl sites for hydroxylation is 2. The van der Waals surface area contributed by atoms with E-state index in [0.29, 0.717) is 40.6 Å². The monoisotopic (exact) mass is 386 g/mol. The van der Waals surface area contributed by atoms with Crippen molar-refractivity contribution in [1.29, 1.82) is 0 Å². The summed E-state index contributed by atoms with van der Waals surface area (Å²) in [5, 5.41) is 2.91. The van der Waals surface area contributed by atoms with Gasteiger partial charge in [0.2, 0.25) is 5.89 Å². The van der Waals surface area contributed by atoms with E-state index in [2.05, 4.69) is 36.3 Å². The average Bonchev–Trinajstić information content (AvgIpc) is 3.14. The van der Waals surface area contributed by atoms with Crippen LogP contribution in [0.15, 0.2) is 65.1 Å². The average molecular weight is 386 g/mol. The summed E-state index contributed by atoms with van der Waals surface area (Å²) in [5.74, 6) is 1.03. The van der Waals surface area contributed by atoms with Crippen molar-refractivity contribution in [2.24, 2.45) is 0 Å². The number of oxazole rings is 1. The third kappa shape index (κ3) is 3.99. The zero-order valence-electron chi connectivity index (χ0n) is 16.7. The van der Waals surface area contributed by atoms with Gasteiger partial charge in [0.05, 0.1) is 6.61 Å². The molecule has 1 aromatic heterocycles. The Kier molecular flexibility index (Phi) is 5.04. The van der Waals surface area contributed by atoms with E-state index >= 15 is 0 Å². The summed E-state index contributed by atoms with van der Waals surface area (Å²) in [6.07, 6.45) is 0. The third-order valence-corrected chi connectivity index (χ3v) is 4.81. The Bertz CT molecular complexity index is 1190. The van der Waals surface area contributed by atoms with Crippen molar-refractivity contribution in [2.75, 3.05) is 11.9 Å². The maximum absolute atomic E-state index is 12.6. The number of nitrogens with zero attached hydrogens (tertiary/aromatic N) is 1. The highest BCUT2D eigenvalue weighted by atomic mass is 16.5. The summed E-state index contributed by atoms with van der Waals surface area (Å²) in [6.45, 7) is 6.60. The first-order valence-corrected chi connectivity index (χ1v) is 9.56. The second kappa shape index (κ2) is 7.80. The fourth-order valence-electron chi connectivity index (χ4n) is 3.10. The van der Waals surface area contributed by atoms with E-state index < -0.39 is 0 Å². The molecule has 0 aliphatic rings. The van der Waals surface area contributed by atoms with E-state index in [4.69, 9.17) is 9.15 Å². The molecule has 1 heterocycles. The Morgan fingerprint density at radius 2 is 1.90 bits per heavy atom. The van der Waals surface area contributed by atoms with Crippen molar-refractivity contribution in [3.63, 3.8) is 0 Å². The molecular weight excluding hydrogens is 364 g/mol. The van der Waals surface area contributed by atoms with Gasteiger partial charge in [-0.25, -0.2) is 4.98 Å². The minimum Gasteiger partial charge on any atom is -0.494 e. The van der Waals surface area contributed by atoms with Gasteiger partial charge in [0.15, 0.2) is 5.58 Å². The molecule has 1 amide bonds. The maximum Gasteiger partial charge on any atom is 0.255 e. The molecule has 0 aliphatic carbocycles. The van der Waals surface area contributed by atoms with Gasteiger partial charge in [0, 0.05) is 16.8 Å². The summed E-state index contributed by atoms with van der Waals surface area (Å²) < 4.78 is 11.4. The molecule has 29 heavy (non-hydrogen) atoms. The first-order valence-electron chi connectivity index (χ1n) is 9.56. The lowest BCUT2D eigenvalue weighted by Crippen LogP contribution is -2.11. The van der Waals surface area contributed by atoms with Crippen LogP contribution in [0.1, 0.15) is 28.4 Å². The summed E-state index contributed by atoms with van der Waals surface area (Å²) in [4.78, 5) is 17.2. The number of hydrogen-bond donors (Lipinski definition) is 1. The molecule has 0 aliphatic heterocycles. The number of aromatic nitrogens is 1. The molecule has 0 spiro atoms. The van der Waals surface area contributed by atoms with Gasteiger partial charge in [-0.05, 0) is 80.4 Å². The van der Waals surface area contributed by atoms with E-state index in [0.717, 1.165) is 5.56 Å². The lowest BCUT2D eigenvalue weighted by molar-refractivity contribution is 0.102. The highest BCUT2D eigenvalue weighted by Crippen LogP contribution is 2.27. The zero-order valence-corrected chi connectivity index (χ0v) is 16.7. The molecule has 0 fully saturated rings. The number of fused-ring (bicyclic) bond motifs is 1. The van der Waals surface area contributed by atoms with Crippen LogP contribution in [0.4, 0.5) is 5.69 Å². The molecule has 3 aromatic carbocycles. The number of ether oxygens (including phenoxy) is 1. The van der Waals surface area contributed by atoms with E-state index in [1.807, 2.05) is 37.3 Å². The number of hydrogen-bond acceptors (Lipinski definition) is 4. The number of carbonyl (C=O) groups is 1. The largest absolute Gasteiger partial charge is 0.494 e. The van der Waals surface area contributed by atoms with Crippen molar-refractivity contribution in [3.8, 4) is 17.2 Å². The van der Waals surface area contributed by atoms with Crippen LogP contribution in [0, 0.1) is 13.8 Å². The normalized spacial score (nSPS) is 10.9. The van der Waals surface area contributed by atoms with E-state index in [-0.39, 0.29) is 5.91 Å². The molecule has 5 nitrogen and oxygen atoms in total. The Morgan fingerprint density at radius 1 is 1.03 bits per heavy atom. The van der Waals surface area contributed by atoms with Gasteiger partial charge >= 0.3 is 0 Å². The number of benzene rings is 3. The molecule has 0 unspecified atom stereocenters. The molecule has 0 bridgehead atoms. The molecule has 1 N–H and O–H groups in total. The van der Waals surface area contributed by atoms with E-state index in [9.17, 15) is 4.79 Å². The van der Waals surface area contributed by atoms with Gasteiger partial charge in [-0.15, -0.1) is 0 Å². The SMILES string of the molecule is CCOc1cccc(C(=O)Nc2ccc3oc(-c4ccc(C)c(C)c4)nc3c2)c1. The highest BCUT2D eigenvalue weighted by molar-refractivity contribution is 6.05. The molecule has 0 radical (unpaired) electrons. The van der Waals surface area contributed by atoms with E-state index in [1.54, 1.807) is 18.2 Å². The minimum atomic E-state index is -0.205. The van der Waals surface area contributed by atoms with Crippen LogP contribution in [0.25, 0.3) is 22.6 Å². The van der Waals surface area contributed by atoms with Crippen molar-refractivity contribution in [1.82, 2.24) is 4.98 Å². The standard InChI is InChI=1S/C24H22N2O3/c1-4-28-20-7-5-6-17(13-20)23(27)25-19-10-11-22-21(14-19)26-24(29-22)18-9-8-15(2)16(3)12-18/h5-14H,4H2,1-3H3,(H,25,27). The minimum absolute atomic E-state index is 0.205. The molecule has 146 valence electrons. The predicted molar refractivity (Wildman–Crippen MR) is 114 cm³/mol. The quantitative estimate of drug-likeness (QED) is 0.473. The van der Waals surface area contributed by atoms with Crippen LogP contribution in [-0.2, 0) is 0 Å².